The third-order valence-corrected chi connectivity index (χ3v) is 3.25. The van der Waals surface area contributed by atoms with E-state index < -0.39 is 0 Å². The first-order valence-electron chi connectivity index (χ1n) is 6.17. The molecule has 3 rings (SSSR count). The molecular weight excluding hydrogens is 262 g/mol. The second-order valence-corrected chi connectivity index (χ2v) is 4.59. The van der Waals surface area contributed by atoms with Crippen molar-refractivity contribution >= 4 is 22.8 Å². The molecule has 0 unspecified atom stereocenters. The maximum Gasteiger partial charge on any atom is 0.166 e. The largest absolute Gasteiger partial charge is 0.271 e. The van der Waals surface area contributed by atoms with E-state index in [0.29, 0.717) is 5.88 Å². The van der Waals surface area contributed by atoms with E-state index in [0.717, 1.165) is 35.0 Å². The van der Waals surface area contributed by atoms with Crippen molar-refractivity contribution in [2.75, 3.05) is 0 Å². The van der Waals surface area contributed by atoms with Gasteiger partial charge in [0.15, 0.2) is 11.5 Å². The van der Waals surface area contributed by atoms with E-state index >= 15 is 0 Å². The SMILES string of the molecule is CCn1ccc(-n2c(CCl)nc3ccc(C)nc32)n1. The molecule has 0 aliphatic rings. The number of fused-ring (bicyclic) bond motifs is 1. The third kappa shape index (κ3) is 2.00. The minimum atomic E-state index is 0.328. The Balaban J connectivity index is 2.27. The lowest BCUT2D eigenvalue weighted by Crippen LogP contribution is -2.03. The van der Waals surface area contributed by atoms with Crippen molar-refractivity contribution < 1.29 is 0 Å². The molecule has 0 spiro atoms. The van der Waals surface area contributed by atoms with Crippen LogP contribution in [0.25, 0.3) is 17.0 Å². The monoisotopic (exact) mass is 275 g/mol. The number of rotatable bonds is 3. The smallest absolute Gasteiger partial charge is 0.166 e. The second kappa shape index (κ2) is 4.66. The van der Waals surface area contributed by atoms with Gasteiger partial charge in [0.2, 0.25) is 0 Å². The standard InChI is InChI=1S/C13H14ClN5/c1-3-18-7-6-11(17-18)19-12(8-14)16-10-5-4-9(2)15-13(10)19/h4-7H,3,8H2,1-2H3. The molecule has 0 fully saturated rings. The highest BCUT2D eigenvalue weighted by atomic mass is 35.5. The molecule has 0 bridgehead atoms. The first-order valence-corrected chi connectivity index (χ1v) is 6.71. The Hall–Kier alpha value is -1.88. The van der Waals surface area contributed by atoms with Gasteiger partial charge in [-0.05, 0) is 26.0 Å². The topological polar surface area (TPSA) is 48.5 Å². The van der Waals surface area contributed by atoms with Crippen LogP contribution in [0.15, 0.2) is 24.4 Å². The highest BCUT2D eigenvalue weighted by molar-refractivity contribution is 6.16. The molecule has 0 aliphatic heterocycles. The molecule has 0 radical (unpaired) electrons. The molecule has 0 atom stereocenters. The lowest BCUT2D eigenvalue weighted by Gasteiger charge is -2.03. The quantitative estimate of drug-likeness (QED) is 0.691. The number of nitrogens with zero attached hydrogens (tertiary/aromatic N) is 5. The van der Waals surface area contributed by atoms with E-state index in [1.54, 1.807) is 0 Å². The van der Waals surface area contributed by atoms with E-state index in [-0.39, 0.29) is 0 Å². The Morgan fingerprint density at radius 3 is 2.74 bits per heavy atom. The molecule has 19 heavy (non-hydrogen) atoms. The molecule has 0 aromatic carbocycles. The first-order chi connectivity index (χ1) is 9.22. The van der Waals surface area contributed by atoms with Gasteiger partial charge in [-0.3, -0.25) is 9.25 Å². The lowest BCUT2D eigenvalue weighted by atomic mass is 10.3. The van der Waals surface area contributed by atoms with Gasteiger partial charge in [-0.1, -0.05) is 0 Å². The van der Waals surface area contributed by atoms with Crippen LogP contribution in [-0.4, -0.2) is 24.3 Å². The van der Waals surface area contributed by atoms with E-state index in [1.807, 2.05) is 47.5 Å². The zero-order chi connectivity index (χ0) is 13.4. The van der Waals surface area contributed by atoms with E-state index in [2.05, 4.69) is 15.1 Å². The Bertz CT molecular complexity index is 728. The Morgan fingerprint density at radius 2 is 2.05 bits per heavy atom. The fourth-order valence-corrected chi connectivity index (χ4v) is 2.25. The van der Waals surface area contributed by atoms with Gasteiger partial charge in [0.25, 0.3) is 0 Å². The zero-order valence-corrected chi connectivity index (χ0v) is 11.6. The summed E-state index contributed by atoms with van der Waals surface area (Å²) in [5, 5.41) is 4.50. The average molecular weight is 276 g/mol. The molecule has 0 saturated carbocycles. The first kappa shape index (κ1) is 12.2. The van der Waals surface area contributed by atoms with Crippen LogP contribution < -0.4 is 0 Å². The molecule has 6 heteroatoms. The summed E-state index contributed by atoms with van der Waals surface area (Å²) >= 11 is 5.99. The van der Waals surface area contributed by atoms with Crippen molar-refractivity contribution in [2.24, 2.45) is 0 Å². The highest BCUT2D eigenvalue weighted by Crippen LogP contribution is 2.20. The van der Waals surface area contributed by atoms with Gasteiger partial charge in [-0.25, -0.2) is 9.97 Å². The molecule has 0 aliphatic carbocycles. The number of hydrogen-bond acceptors (Lipinski definition) is 3. The summed E-state index contributed by atoms with van der Waals surface area (Å²) in [6.07, 6.45) is 1.94. The molecule has 5 nitrogen and oxygen atoms in total. The van der Waals surface area contributed by atoms with Gasteiger partial charge in [-0.2, -0.15) is 5.10 Å². The van der Waals surface area contributed by atoms with Crippen LogP contribution in [0.1, 0.15) is 18.4 Å². The summed E-state index contributed by atoms with van der Waals surface area (Å²) in [7, 11) is 0. The molecule has 3 aromatic heterocycles. The number of alkyl halides is 1. The van der Waals surface area contributed by atoms with Crippen molar-refractivity contribution in [3.05, 3.63) is 35.9 Å². The van der Waals surface area contributed by atoms with Crippen molar-refractivity contribution in [3.8, 4) is 5.82 Å². The van der Waals surface area contributed by atoms with Crippen LogP contribution >= 0.6 is 11.6 Å². The normalized spacial score (nSPS) is 11.3. The van der Waals surface area contributed by atoms with Crippen LogP contribution in [0.2, 0.25) is 0 Å². The number of halogens is 1. The molecule has 98 valence electrons. The molecule has 0 amide bonds. The summed E-state index contributed by atoms with van der Waals surface area (Å²) in [4.78, 5) is 9.05. The molecule has 3 heterocycles. The third-order valence-electron chi connectivity index (χ3n) is 3.01. The second-order valence-electron chi connectivity index (χ2n) is 4.32. The van der Waals surface area contributed by atoms with Gasteiger partial charge in [0, 0.05) is 24.5 Å². The van der Waals surface area contributed by atoms with Crippen molar-refractivity contribution in [2.45, 2.75) is 26.3 Å². The highest BCUT2D eigenvalue weighted by Gasteiger charge is 2.14. The van der Waals surface area contributed by atoms with Crippen LogP contribution in [0.3, 0.4) is 0 Å². The maximum atomic E-state index is 5.99. The number of imidazole rings is 1. The van der Waals surface area contributed by atoms with Gasteiger partial charge in [0.1, 0.15) is 11.3 Å². The molecule has 3 aromatic rings. The van der Waals surface area contributed by atoms with Gasteiger partial charge >= 0.3 is 0 Å². The van der Waals surface area contributed by atoms with Crippen molar-refractivity contribution in [3.63, 3.8) is 0 Å². The van der Waals surface area contributed by atoms with Crippen LogP contribution in [-0.2, 0) is 12.4 Å². The van der Waals surface area contributed by atoms with Gasteiger partial charge in [0.05, 0.1) is 5.88 Å². The minimum absolute atomic E-state index is 0.328. The Labute approximate surface area is 115 Å². The maximum absolute atomic E-state index is 5.99. The minimum Gasteiger partial charge on any atom is -0.271 e. The average Bonchev–Trinajstić information content (AvgIpc) is 3.01. The molecule has 0 N–H and O–H groups in total. The van der Waals surface area contributed by atoms with Gasteiger partial charge in [-0.15, -0.1) is 11.6 Å². The Morgan fingerprint density at radius 1 is 1.21 bits per heavy atom. The number of hydrogen-bond donors (Lipinski definition) is 0. The predicted molar refractivity (Wildman–Crippen MR) is 74.6 cm³/mol. The number of pyridine rings is 1. The summed E-state index contributed by atoms with van der Waals surface area (Å²) in [5.74, 6) is 1.89. The summed E-state index contributed by atoms with van der Waals surface area (Å²) in [6.45, 7) is 4.84. The Kier molecular flexibility index (Phi) is 2.98. The molecular formula is C13H14ClN5. The number of aryl methyl sites for hydroxylation is 2. The van der Waals surface area contributed by atoms with E-state index in [9.17, 15) is 0 Å². The van der Waals surface area contributed by atoms with Crippen LogP contribution in [0.5, 0.6) is 0 Å². The van der Waals surface area contributed by atoms with E-state index in [4.69, 9.17) is 11.6 Å². The van der Waals surface area contributed by atoms with Gasteiger partial charge < -0.3 is 0 Å². The fourth-order valence-electron chi connectivity index (χ4n) is 2.08. The summed E-state index contributed by atoms with van der Waals surface area (Å²) < 4.78 is 3.79. The summed E-state index contributed by atoms with van der Waals surface area (Å²) in [5.41, 5.74) is 2.59. The molecule has 0 saturated heterocycles. The summed E-state index contributed by atoms with van der Waals surface area (Å²) in [6, 6.07) is 5.86. The predicted octanol–water partition coefficient (Wildman–Crippen LogP) is 2.68. The lowest BCUT2D eigenvalue weighted by molar-refractivity contribution is 0.652. The van der Waals surface area contributed by atoms with Crippen LogP contribution in [0, 0.1) is 6.92 Å². The number of aromatic nitrogens is 5. The zero-order valence-electron chi connectivity index (χ0n) is 10.8. The fraction of sp³-hybridized carbons (Fsp3) is 0.308. The van der Waals surface area contributed by atoms with E-state index in [1.165, 1.54) is 0 Å². The van der Waals surface area contributed by atoms with Crippen LogP contribution in [0.4, 0.5) is 0 Å². The van der Waals surface area contributed by atoms with Crippen molar-refractivity contribution in [1.82, 2.24) is 24.3 Å². The van der Waals surface area contributed by atoms with Crippen molar-refractivity contribution in [1.29, 1.82) is 0 Å².